The number of carbonyl (C=O) groups excluding carboxylic acids is 1. The molecular formula is C22H23N5O3. The van der Waals surface area contributed by atoms with E-state index in [4.69, 9.17) is 4.42 Å². The summed E-state index contributed by atoms with van der Waals surface area (Å²) in [6.45, 7) is 2.44. The SMILES string of the molecule is C[C@H](c1ccc(-n2cncn2)cc1)N(C)C(=O)CCCn1c(=O)oc2ccccc21. The van der Waals surface area contributed by atoms with E-state index in [1.165, 1.54) is 6.33 Å². The van der Waals surface area contributed by atoms with Crippen molar-refractivity contribution in [1.29, 1.82) is 0 Å². The van der Waals surface area contributed by atoms with Crippen molar-refractivity contribution in [2.24, 2.45) is 0 Å². The summed E-state index contributed by atoms with van der Waals surface area (Å²) < 4.78 is 8.50. The molecule has 0 N–H and O–H groups in total. The Labute approximate surface area is 173 Å². The van der Waals surface area contributed by atoms with Gasteiger partial charge >= 0.3 is 5.76 Å². The Morgan fingerprint density at radius 3 is 2.67 bits per heavy atom. The minimum absolute atomic E-state index is 0.0312. The zero-order chi connectivity index (χ0) is 21.1. The van der Waals surface area contributed by atoms with Gasteiger partial charge in [0.2, 0.25) is 5.91 Å². The van der Waals surface area contributed by atoms with Crippen molar-refractivity contribution in [3.63, 3.8) is 0 Å². The van der Waals surface area contributed by atoms with Gasteiger partial charge in [0.25, 0.3) is 0 Å². The highest BCUT2D eigenvalue weighted by molar-refractivity contribution is 5.76. The van der Waals surface area contributed by atoms with E-state index >= 15 is 0 Å². The third-order valence-electron chi connectivity index (χ3n) is 5.38. The maximum Gasteiger partial charge on any atom is 0.419 e. The number of benzene rings is 2. The molecule has 0 radical (unpaired) electrons. The third-order valence-corrected chi connectivity index (χ3v) is 5.38. The van der Waals surface area contributed by atoms with E-state index in [0.717, 1.165) is 16.8 Å². The standard InChI is InChI=1S/C22H23N5O3/c1-16(17-9-11-18(12-10-17)27-15-23-14-24-27)25(2)21(28)8-5-13-26-19-6-3-4-7-20(19)30-22(26)29/h3-4,6-7,9-12,14-16H,5,8,13H2,1-2H3/t16-/m1/s1. The Balaban J connectivity index is 1.36. The molecule has 0 aliphatic heterocycles. The fourth-order valence-corrected chi connectivity index (χ4v) is 3.48. The van der Waals surface area contributed by atoms with Gasteiger partial charge in [-0.2, -0.15) is 5.10 Å². The molecule has 0 aliphatic carbocycles. The molecule has 1 atom stereocenters. The average molecular weight is 405 g/mol. The molecule has 2 heterocycles. The minimum atomic E-state index is -0.391. The normalized spacial score (nSPS) is 12.2. The molecule has 30 heavy (non-hydrogen) atoms. The van der Waals surface area contributed by atoms with Crippen LogP contribution in [0.2, 0.25) is 0 Å². The highest BCUT2D eigenvalue weighted by Crippen LogP contribution is 2.21. The molecule has 1 amide bonds. The molecule has 4 aromatic rings. The van der Waals surface area contributed by atoms with Gasteiger partial charge in [-0.05, 0) is 43.2 Å². The Morgan fingerprint density at radius 1 is 1.17 bits per heavy atom. The number of oxazole rings is 1. The van der Waals surface area contributed by atoms with E-state index in [-0.39, 0.29) is 11.9 Å². The van der Waals surface area contributed by atoms with Gasteiger partial charge in [0, 0.05) is 20.0 Å². The summed E-state index contributed by atoms with van der Waals surface area (Å²) in [5.41, 5.74) is 3.26. The lowest BCUT2D eigenvalue weighted by Crippen LogP contribution is -2.29. The van der Waals surface area contributed by atoms with Crippen molar-refractivity contribution >= 4 is 17.0 Å². The zero-order valence-corrected chi connectivity index (χ0v) is 16.9. The summed E-state index contributed by atoms with van der Waals surface area (Å²) in [6, 6.07) is 15.1. The van der Waals surface area contributed by atoms with Gasteiger partial charge in [0.05, 0.1) is 17.2 Å². The zero-order valence-electron chi connectivity index (χ0n) is 16.9. The summed E-state index contributed by atoms with van der Waals surface area (Å²) in [4.78, 5) is 30.4. The maximum absolute atomic E-state index is 12.7. The van der Waals surface area contributed by atoms with Crippen molar-refractivity contribution in [3.8, 4) is 5.69 Å². The maximum atomic E-state index is 12.7. The highest BCUT2D eigenvalue weighted by atomic mass is 16.4. The van der Waals surface area contributed by atoms with Gasteiger partial charge in [-0.25, -0.2) is 14.5 Å². The van der Waals surface area contributed by atoms with Crippen LogP contribution in [-0.4, -0.2) is 37.2 Å². The van der Waals surface area contributed by atoms with Crippen LogP contribution in [0.4, 0.5) is 0 Å². The summed E-state index contributed by atoms with van der Waals surface area (Å²) in [5, 5.41) is 4.11. The van der Waals surface area contributed by atoms with Crippen molar-refractivity contribution in [1.82, 2.24) is 24.2 Å². The predicted octanol–water partition coefficient (Wildman–Crippen LogP) is 3.18. The first-order valence-electron chi connectivity index (χ1n) is 9.83. The van der Waals surface area contributed by atoms with Gasteiger partial charge in [0.15, 0.2) is 5.58 Å². The van der Waals surface area contributed by atoms with Crippen LogP contribution in [0.3, 0.4) is 0 Å². The average Bonchev–Trinajstić information content (AvgIpc) is 3.41. The van der Waals surface area contributed by atoms with Gasteiger partial charge in [-0.15, -0.1) is 0 Å². The Hall–Kier alpha value is -3.68. The Morgan fingerprint density at radius 2 is 1.93 bits per heavy atom. The van der Waals surface area contributed by atoms with E-state index in [0.29, 0.717) is 25.0 Å². The van der Waals surface area contributed by atoms with Crippen LogP contribution in [0.5, 0.6) is 0 Å². The van der Waals surface area contributed by atoms with E-state index in [1.54, 1.807) is 33.6 Å². The van der Waals surface area contributed by atoms with Crippen LogP contribution in [0.25, 0.3) is 16.8 Å². The van der Waals surface area contributed by atoms with Gasteiger partial charge in [-0.1, -0.05) is 24.3 Å². The van der Waals surface area contributed by atoms with Crippen LogP contribution in [0.15, 0.2) is 70.4 Å². The second-order valence-electron chi connectivity index (χ2n) is 7.20. The second-order valence-corrected chi connectivity index (χ2v) is 7.20. The van der Waals surface area contributed by atoms with Gasteiger partial charge < -0.3 is 9.32 Å². The molecule has 0 spiro atoms. The summed E-state index contributed by atoms with van der Waals surface area (Å²) in [5.74, 6) is -0.360. The molecule has 0 bridgehead atoms. The van der Waals surface area contributed by atoms with Gasteiger partial charge in [0.1, 0.15) is 12.7 Å². The minimum Gasteiger partial charge on any atom is -0.408 e. The first-order valence-corrected chi connectivity index (χ1v) is 9.83. The van der Waals surface area contributed by atoms with E-state index < -0.39 is 5.76 Å². The first kappa shape index (κ1) is 19.6. The summed E-state index contributed by atoms with van der Waals surface area (Å²) in [6.07, 6.45) is 4.04. The van der Waals surface area contributed by atoms with Crippen LogP contribution < -0.4 is 5.76 Å². The fraction of sp³-hybridized carbons (Fsp3) is 0.273. The monoisotopic (exact) mass is 405 g/mol. The third kappa shape index (κ3) is 3.89. The molecule has 0 saturated carbocycles. The molecule has 0 fully saturated rings. The number of carbonyl (C=O) groups is 1. The van der Waals surface area contributed by atoms with E-state index in [2.05, 4.69) is 10.1 Å². The Bertz CT molecular complexity index is 1190. The molecule has 8 nitrogen and oxygen atoms in total. The molecule has 8 heteroatoms. The van der Waals surface area contributed by atoms with Crippen molar-refractivity contribution in [2.45, 2.75) is 32.4 Å². The van der Waals surface area contributed by atoms with Gasteiger partial charge in [-0.3, -0.25) is 9.36 Å². The summed E-state index contributed by atoms with van der Waals surface area (Å²) in [7, 11) is 1.80. The summed E-state index contributed by atoms with van der Waals surface area (Å²) >= 11 is 0. The molecular weight excluding hydrogens is 382 g/mol. The number of amides is 1. The molecule has 154 valence electrons. The molecule has 2 aromatic carbocycles. The molecule has 4 rings (SSSR count). The van der Waals surface area contributed by atoms with E-state index in [9.17, 15) is 9.59 Å². The number of hydrogen-bond acceptors (Lipinski definition) is 5. The molecule has 0 saturated heterocycles. The number of nitrogens with zero attached hydrogens (tertiary/aromatic N) is 5. The quantitative estimate of drug-likeness (QED) is 0.471. The topological polar surface area (TPSA) is 86.2 Å². The van der Waals surface area contributed by atoms with E-state index in [1.807, 2.05) is 49.4 Å². The van der Waals surface area contributed by atoms with Crippen LogP contribution in [0, 0.1) is 0 Å². The number of hydrogen-bond donors (Lipinski definition) is 0. The van der Waals surface area contributed by atoms with Crippen molar-refractivity contribution in [2.75, 3.05) is 7.05 Å². The number of rotatable bonds is 7. The largest absolute Gasteiger partial charge is 0.419 e. The lowest BCUT2D eigenvalue weighted by Gasteiger charge is -2.25. The predicted molar refractivity (Wildman–Crippen MR) is 112 cm³/mol. The number of para-hydroxylation sites is 2. The van der Waals surface area contributed by atoms with Crippen molar-refractivity contribution < 1.29 is 9.21 Å². The second kappa shape index (κ2) is 8.36. The molecule has 2 aromatic heterocycles. The number of aromatic nitrogens is 4. The van der Waals surface area contributed by atoms with Crippen LogP contribution in [-0.2, 0) is 11.3 Å². The molecule has 0 aliphatic rings. The van der Waals surface area contributed by atoms with Crippen LogP contribution >= 0.6 is 0 Å². The Kier molecular flexibility index (Phi) is 5.47. The fourth-order valence-electron chi connectivity index (χ4n) is 3.48. The highest BCUT2D eigenvalue weighted by Gasteiger charge is 2.18. The van der Waals surface area contributed by atoms with Crippen molar-refractivity contribution in [3.05, 3.63) is 77.3 Å². The lowest BCUT2D eigenvalue weighted by atomic mass is 10.1. The molecule has 0 unspecified atom stereocenters. The smallest absolute Gasteiger partial charge is 0.408 e. The lowest BCUT2D eigenvalue weighted by molar-refractivity contribution is -0.131. The number of fused-ring (bicyclic) bond motifs is 1. The number of aryl methyl sites for hydroxylation is 1. The first-order chi connectivity index (χ1) is 14.5. The van der Waals surface area contributed by atoms with Crippen LogP contribution in [0.1, 0.15) is 31.4 Å².